The molecule has 1 aromatic rings. The quantitative estimate of drug-likeness (QED) is 0.500. The topological polar surface area (TPSA) is 9.23 Å². The van der Waals surface area contributed by atoms with Crippen molar-refractivity contribution in [1.82, 2.24) is 0 Å². The van der Waals surface area contributed by atoms with Gasteiger partial charge in [0.1, 0.15) is 5.82 Å². The molecule has 0 radical (unpaired) electrons. The third kappa shape index (κ3) is 3.85. The molecule has 0 aromatic heterocycles. The van der Waals surface area contributed by atoms with Gasteiger partial charge in [-0.1, -0.05) is 18.2 Å². The molecule has 1 aromatic carbocycles. The highest BCUT2D eigenvalue weighted by Crippen LogP contribution is 2.03. The molecular weight excluding hydrogens is 167 g/mol. The maximum Gasteiger partial charge on any atom is 0.123 e. The van der Waals surface area contributed by atoms with E-state index in [0.717, 1.165) is 12.0 Å². The van der Waals surface area contributed by atoms with Crippen LogP contribution in [0.5, 0.6) is 0 Å². The average molecular weight is 180 g/mol. The predicted octanol–water partition coefficient (Wildman–Crippen LogP) is 2.57. The van der Waals surface area contributed by atoms with Gasteiger partial charge in [0.25, 0.3) is 0 Å². The van der Waals surface area contributed by atoms with Gasteiger partial charge in [-0.05, 0) is 24.1 Å². The Balaban J connectivity index is 2.28. The van der Waals surface area contributed by atoms with Gasteiger partial charge in [-0.25, -0.2) is 4.39 Å². The predicted molar refractivity (Wildman–Crippen MR) is 51.1 cm³/mol. The Morgan fingerprint density at radius 1 is 1.31 bits per heavy atom. The SMILES string of the molecule is C=CCOCCc1ccc(F)cc1. The van der Waals surface area contributed by atoms with Crippen LogP contribution in [0.4, 0.5) is 4.39 Å². The molecule has 0 aliphatic rings. The van der Waals surface area contributed by atoms with Crippen LogP contribution in [0.1, 0.15) is 5.56 Å². The van der Waals surface area contributed by atoms with Gasteiger partial charge in [0.15, 0.2) is 0 Å². The van der Waals surface area contributed by atoms with Gasteiger partial charge in [-0.15, -0.1) is 6.58 Å². The van der Waals surface area contributed by atoms with E-state index in [2.05, 4.69) is 6.58 Å². The van der Waals surface area contributed by atoms with E-state index in [1.165, 1.54) is 12.1 Å². The Kier molecular flexibility index (Phi) is 4.19. The standard InChI is InChI=1S/C11H13FO/c1-2-8-13-9-7-10-3-5-11(12)6-4-10/h2-6H,1,7-9H2. The van der Waals surface area contributed by atoms with E-state index in [-0.39, 0.29) is 5.82 Å². The summed E-state index contributed by atoms with van der Waals surface area (Å²) >= 11 is 0. The number of hydrogen-bond acceptors (Lipinski definition) is 1. The molecule has 0 saturated carbocycles. The molecule has 0 aliphatic carbocycles. The molecule has 0 amide bonds. The third-order valence-electron chi connectivity index (χ3n) is 1.68. The Bertz CT molecular complexity index is 253. The van der Waals surface area contributed by atoms with Crippen LogP contribution in [-0.2, 0) is 11.2 Å². The third-order valence-corrected chi connectivity index (χ3v) is 1.68. The molecule has 0 bridgehead atoms. The largest absolute Gasteiger partial charge is 0.377 e. The first-order valence-corrected chi connectivity index (χ1v) is 4.26. The van der Waals surface area contributed by atoms with Crippen LogP contribution in [0.3, 0.4) is 0 Å². The molecule has 0 saturated heterocycles. The summed E-state index contributed by atoms with van der Waals surface area (Å²) < 4.78 is 17.7. The van der Waals surface area contributed by atoms with Crippen molar-refractivity contribution >= 4 is 0 Å². The lowest BCUT2D eigenvalue weighted by Gasteiger charge is -2.01. The molecule has 0 aliphatic heterocycles. The Morgan fingerprint density at radius 2 is 2.00 bits per heavy atom. The van der Waals surface area contributed by atoms with Crippen molar-refractivity contribution in [1.29, 1.82) is 0 Å². The molecule has 2 heteroatoms. The lowest BCUT2D eigenvalue weighted by molar-refractivity contribution is 0.166. The fourth-order valence-electron chi connectivity index (χ4n) is 1.01. The molecule has 0 fully saturated rings. The molecular formula is C11H13FO. The van der Waals surface area contributed by atoms with Crippen molar-refractivity contribution in [2.75, 3.05) is 13.2 Å². The summed E-state index contributed by atoms with van der Waals surface area (Å²) in [5, 5.41) is 0. The van der Waals surface area contributed by atoms with Crippen molar-refractivity contribution in [3.8, 4) is 0 Å². The Morgan fingerprint density at radius 3 is 2.62 bits per heavy atom. The number of halogens is 1. The van der Waals surface area contributed by atoms with Gasteiger partial charge in [0.2, 0.25) is 0 Å². The minimum Gasteiger partial charge on any atom is -0.377 e. The molecule has 0 atom stereocenters. The summed E-state index contributed by atoms with van der Waals surface area (Å²) in [5.74, 6) is -0.198. The number of hydrogen-bond donors (Lipinski definition) is 0. The fourth-order valence-corrected chi connectivity index (χ4v) is 1.01. The Labute approximate surface area is 77.8 Å². The average Bonchev–Trinajstić information content (AvgIpc) is 2.15. The second-order valence-corrected chi connectivity index (χ2v) is 2.74. The minimum absolute atomic E-state index is 0.198. The first-order chi connectivity index (χ1) is 6.33. The lowest BCUT2D eigenvalue weighted by atomic mass is 10.2. The van der Waals surface area contributed by atoms with Crippen LogP contribution in [-0.4, -0.2) is 13.2 Å². The highest BCUT2D eigenvalue weighted by molar-refractivity contribution is 5.15. The minimum atomic E-state index is -0.198. The fraction of sp³-hybridized carbons (Fsp3) is 0.273. The zero-order chi connectivity index (χ0) is 9.52. The lowest BCUT2D eigenvalue weighted by Crippen LogP contribution is -1.98. The van der Waals surface area contributed by atoms with Crippen LogP contribution < -0.4 is 0 Å². The van der Waals surface area contributed by atoms with Gasteiger partial charge in [-0.3, -0.25) is 0 Å². The normalized spacial score (nSPS) is 9.92. The summed E-state index contributed by atoms with van der Waals surface area (Å²) in [6.45, 7) is 4.76. The first-order valence-electron chi connectivity index (χ1n) is 4.26. The molecule has 0 unspecified atom stereocenters. The van der Waals surface area contributed by atoms with Crippen molar-refractivity contribution in [2.24, 2.45) is 0 Å². The highest BCUT2D eigenvalue weighted by Gasteiger charge is 1.93. The second kappa shape index (κ2) is 5.49. The van der Waals surface area contributed by atoms with Gasteiger partial charge in [-0.2, -0.15) is 0 Å². The van der Waals surface area contributed by atoms with Crippen LogP contribution in [0.15, 0.2) is 36.9 Å². The van der Waals surface area contributed by atoms with Crippen molar-refractivity contribution in [3.63, 3.8) is 0 Å². The number of rotatable bonds is 5. The van der Waals surface area contributed by atoms with E-state index in [4.69, 9.17) is 4.74 Å². The summed E-state index contributed by atoms with van der Waals surface area (Å²) in [7, 11) is 0. The number of benzene rings is 1. The van der Waals surface area contributed by atoms with Crippen LogP contribution >= 0.6 is 0 Å². The van der Waals surface area contributed by atoms with Crippen LogP contribution in [0.2, 0.25) is 0 Å². The molecule has 1 nitrogen and oxygen atoms in total. The molecule has 0 heterocycles. The van der Waals surface area contributed by atoms with E-state index in [0.29, 0.717) is 13.2 Å². The number of ether oxygens (including phenoxy) is 1. The van der Waals surface area contributed by atoms with E-state index in [1.54, 1.807) is 18.2 Å². The van der Waals surface area contributed by atoms with Crippen molar-refractivity contribution in [3.05, 3.63) is 48.3 Å². The molecule has 0 N–H and O–H groups in total. The zero-order valence-corrected chi connectivity index (χ0v) is 7.50. The molecule has 1 rings (SSSR count). The van der Waals surface area contributed by atoms with Crippen molar-refractivity contribution < 1.29 is 9.13 Å². The molecule has 13 heavy (non-hydrogen) atoms. The van der Waals surface area contributed by atoms with Gasteiger partial charge < -0.3 is 4.74 Å². The van der Waals surface area contributed by atoms with Gasteiger partial charge in [0, 0.05) is 0 Å². The second-order valence-electron chi connectivity index (χ2n) is 2.74. The summed E-state index contributed by atoms with van der Waals surface area (Å²) in [6.07, 6.45) is 2.53. The van der Waals surface area contributed by atoms with Gasteiger partial charge >= 0.3 is 0 Å². The van der Waals surface area contributed by atoms with E-state index >= 15 is 0 Å². The van der Waals surface area contributed by atoms with Crippen LogP contribution in [0.25, 0.3) is 0 Å². The zero-order valence-electron chi connectivity index (χ0n) is 7.50. The highest BCUT2D eigenvalue weighted by atomic mass is 19.1. The van der Waals surface area contributed by atoms with E-state index < -0.39 is 0 Å². The molecule has 70 valence electrons. The first kappa shape index (κ1) is 9.93. The monoisotopic (exact) mass is 180 g/mol. The van der Waals surface area contributed by atoms with Crippen LogP contribution in [0, 0.1) is 5.82 Å². The smallest absolute Gasteiger partial charge is 0.123 e. The van der Waals surface area contributed by atoms with Gasteiger partial charge in [0.05, 0.1) is 13.2 Å². The summed E-state index contributed by atoms with van der Waals surface area (Å²) in [5.41, 5.74) is 1.09. The Hall–Kier alpha value is -1.15. The maximum atomic E-state index is 12.5. The van der Waals surface area contributed by atoms with Crippen molar-refractivity contribution in [2.45, 2.75) is 6.42 Å². The summed E-state index contributed by atoms with van der Waals surface area (Å²) in [6, 6.07) is 6.46. The van der Waals surface area contributed by atoms with E-state index in [1.807, 2.05) is 0 Å². The maximum absolute atomic E-state index is 12.5. The summed E-state index contributed by atoms with van der Waals surface area (Å²) in [4.78, 5) is 0. The van der Waals surface area contributed by atoms with E-state index in [9.17, 15) is 4.39 Å². The molecule has 0 spiro atoms.